The summed E-state index contributed by atoms with van der Waals surface area (Å²) in [5, 5.41) is 9.78. The average Bonchev–Trinajstić information content (AvgIpc) is 2.90. The Morgan fingerprint density at radius 2 is 2.47 bits per heavy atom. The van der Waals surface area contributed by atoms with Gasteiger partial charge < -0.3 is 14.3 Å². The molecule has 0 bridgehead atoms. The first-order chi connectivity index (χ1) is 7.36. The third-order valence-electron chi connectivity index (χ3n) is 2.96. The first-order valence-electron chi connectivity index (χ1n) is 5.68. The molecule has 3 heteroatoms. The van der Waals surface area contributed by atoms with Gasteiger partial charge in [0.2, 0.25) is 0 Å². The van der Waals surface area contributed by atoms with E-state index in [1.807, 2.05) is 6.07 Å². The molecule has 0 aromatic carbocycles. The van der Waals surface area contributed by atoms with Gasteiger partial charge >= 0.3 is 0 Å². The Balaban J connectivity index is 1.65. The number of ether oxygens (including phenoxy) is 1. The lowest BCUT2D eigenvalue weighted by atomic mass is 10.0. The molecule has 1 aliphatic rings. The SMILES string of the molecule is OC(CCCC1CCCO1)c1ccoc1. The van der Waals surface area contributed by atoms with Crippen molar-refractivity contribution in [3.8, 4) is 0 Å². The number of hydrogen-bond acceptors (Lipinski definition) is 3. The quantitative estimate of drug-likeness (QED) is 0.812. The summed E-state index contributed by atoms with van der Waals surface area (Å²) in [6, 6.07) is 1.82. The maximum absolute atomic E-state index is 9.78. The van der Waals surface area contributed by atoms with Gasteiger partial charge in [-0.15, -0.1) is 0 Å². The summed E-state index contributed by atoms with van der Waals surface area (Å²) in [7, 11) is 0. The summed E-state index contributed by atoms with van der Waals surface area (Å²) in [4.78, 5) is 0. The molecule has 1 N–H and O–H groups in total. The Labute approximate surface area is 90.0 Å². The molecular formula is C12H18O3. The van der Waals surface area contributed by atoms with E-state index in [1.165, 1.54) is 12.8 Å². The van der Waals surface area contributed by atoms with Gasteiger partial charge in [0.05, 0.1) is 24.7 Å². The number of rotatable bonds is 5. The predicted octanol–water partition coefficient (Wildman–Crippen LogP) is 2.66. The predicted molar refractivity (Wildman–Crippen MR) is 56.5 cm³/mol. The van der Waals surface area contributed by atoms with Gasteiger partial charge in [0.25, 0.3) is 0 Å². The van der Waals surface area contributed by atoms with Crippen LogP contribution in [0.4, 0.5) is 0 Å². The summed E-state index contributed by atoms with van der Waals surface area (Å²) in [6.07, 6.45) is 8.49. The second kappa shape index (κ2) is 5.33. The van der Waals surface area contributed by atoms with Crippen LogP contribution in [-0.4, -0.2) is 17.8 Å². The highest BCUT2D eigenvalue weighted by molar-refractivity contribution is 5.08. The zero-order valence-corrected chi connectivity index (χ0v) is 8.89. The molecule has 1 aromatic rings. The normalized spacial score (nSPS) is 23.1. The molecule has 0 amide bonds. The van der Waals surface area contributed by atoms with Crippen molar-refractivity contribution in [2.75, 3.05) is 6.61 Å². The molecule has 1 saturated heterocycles. The van der Waals surface area contributed by atoms with E-state index in [0.29, 0.717) is 6.10 Å². The standard InChI is InChI=1S/C12H18O3/c13-12(10-6-8-14-9-10)5-1-3-11-4-2-7-15-11/h6,8-9,11-13H,1-5,7H2. The van der Waals surface area contributed by atoms with Crippen molar-refractivity contribution in [2.45, 2.75) is 44.3 Å². The zero-order chi connectivity index (χ0) is 10.5. The van der Waals surface area contributed by atoms with Crippen LogP contribution in [0.3, 0.4) is 0 Å². The Morgan fingerprint density at radius 1 is 1.53 bits per heavy atom. The Hall–Kier alpha value is -0.800. The van der Waals surface area contributed by atoms with Crippen molar-refractivity contribution >= 4 is 0 Å². The van der Waals surface area contributed by atoms with Crippen LogP contribution in [0, 0.1) is 0 Å². The molecule has 0 spiro atoms. The van der Waals surface area contributed by atoms with Crippen molar-refractivity contribution in [2.24, 2.45) is 0 Å². The molecule has 3 nitrogen and oxygen atoms in total. The van der Waals surface area contributed by atoms with E-state index in [2.05, 4.69) is 0 Å². The minimum atomic E-state index is -0.384. The van der Waals surface area contributed by atoms with E-state index in [4.69, 9.17) is 9.15 Å². The molecule has 0 radical (unpaired) electrons. The highest BCUT2D eigenvalue weighted by atomic mass is 16.5. The molecule has 84 valence electrons. The first-order valence-corrected chi connectivity index (χ1v) is 5.68. The molecule has 0 aliphatic carbocycles. The third-order valence-corrected chi connectivity index (χ3v) is 2.96. The van der Waals surface area contributed by atoms with Crippen molar-refractivity contribution in [3.63, 3.8) is 0 Å². The highest BCUT2D eigenvalue weighted by Crippen LogP contribution is 2.23. The molecular weight excluding hydrogens is 192 g/mol. The van der Waals surface area contributed by atoms with E-state index >= 15 is 0 Å². The van der Waals surface area contributed by atoms with Crippen LogP contribution in [0.1, 0.15) is 43.8 Å². The molecule has 2 heterocycles. The van der Waals surface area contributed by atoms with Gasteiger partial charge in [0.1, 0.15) is 0 Å². The van der Waals surface area contributed by atoms with Crippen molar-refractivity contribution < 1.29 is 14.3 Å². The number of hydrogen-bond donors (Lipinski definition) is 1. The van der Waals surface area contributed by atoms with Gasteiger partial charge in [-0.05, 0) is 38.2 Å². The van der Waals surface area contributed by atoms with Crippen molar-refractivity contribution in [1.82, 2.24) is 0 Å². The summed E-state index contributed by atoms with van der Waals surface area (Å²) >= 11 is 0. The monoisotopic (exact) mass is 210 g/mol. The molecule has 15 heavy (non-hydrogen) atoms. The van der Waals surface area contributed by atoms with Crippen LogP contribution in [0.5, 0.6) is 0 Å². The van der Waals surface area contributed by atoms with Crippen LogP contribution < -0.4 is 0 Å². The maximum Gasteiger partial charge on any atom is 0.0960 e. The molecule has 2 atom stereocenters. The first kappa shape index (κ1) is 10.7. The zero-order valence-electron chi connectivity index (χ0n) is 8.89. The smallest absolute Gasteiger partial charge is 0.0960 e. The number of furan rings is 1. The second-order valence-electron chi connectivity index (χ2n) is 4.14. The molecule has 2 unspecified atom stereocenters. The fraction of sp³-hybridized carbons (Fsp3) is 0.667. The van der Waals surface area contributed by atoms with Gasteiger partial charge in [-0.25, -0.2) is 0 Å². The fourth-order valence-corrected chi connectivity index (χ4v) is 2.04. The average molecular weight is 210 g/mol. The second-order valence-corrected chi connectivity index (χ2v) is 4.14. The minimum Gasteiger partial charge on any atom is -0.472 e. The lowest BCUT2D eigenvalue weighted by molar-refractivity contribution is 0.0944. The minimum absolute atomic E-state index is 0.384. The van der Waals surface area contributed by atoms with Crippen LogP contribution in [0.15, 0.2) is 23.0 Å². The van der Waals surface area contributed by atoms with E-state index in [9.17, 15) is 5.11 Å². The summed E-state index contributed by atoms with van der Waals surface area (Å²) < 4.78 is 10.5. The van der Waals surface area contributed by atoms with Gasteiger partial charge in [-0.1, -0.05) is 0 Å². The number of aliphatic hydroxyl groups is 1. The van der Waals surface area contributed by atoms with Gasteiger partial charge in [0.15, 0.2) is 0 Å². The van der Waals surface area contributed by atoms with Gasteiger partial charge in [-0.3, -0.25) is 0 Å². The largest absolute Gasteiger partial charge is 0.472 e. The molecule has 1 aliphatic heterocycles. The molecule has 2 rings (SSSR count). The van der Waals surface area contributed by atoms with E-state index in [-0.39, 0.29) is 6.10 Å². The van der Waals surface area contributed by atoms with Crippen LogP contribution in [-0.2, 0) is 4.74 Å². The summed E-state index contributed by atoms with van der Waals surface area (Å²) in [5.74, 6) is 0. The van der Waals surface area contributed by atoms with Gasteiger partial charge in [-0.2, -0.15) is 0 Å². The Morgan fingerprint density at radius 3 is 3.13 bits per heavy atom. The van der Waals surface area contributed by atoms with Crippen molar-refractivity contribution in [1.29, 1.82) is 0 Å². The Kier molecular flexibility index (Phi) is 3.80. The molecule has 1 aromatic heterocycles. The van der Waals surface area contributed by atoms with Crippen LogP contribution in [0.25, 0.3) is 0 Å². The Bertz CT molecular complexity index is 262. The summed E-state index contributed by atoms with van der Waals surface area (Å²) in [6.45, 7) is 0.912. The third kappa shape index (κ3) is 3.08. The van der Waals surface area contributed by atoms with E-state index < -0.39 is 0 Å². The molecule has 1 fully saturated rings. The van der Waals surface area contributed by atoms with Gasteiger partial charge in [0, 0.05) is 12.2 Å². The van der Waals surface area contributed by atoms with Crippen molar-refractivity contribution in [3.05, 3.63) is 24.2 Å². The highest BCUT2D eigenvalue weighted by Gasteiger charge is 2.16. The fourth-order valence-electron chi connectivity index (χ4n) is 2.04. The topological polar surface area (TPSA) is 42.6 Å². The molecule has 0 saturated carbocycles. The van der Waals surface area contributed by atoms with Crippen LogP contribution >= 0.6 is 0 Å². The maximum atomic E-state index is 9.78. The van der Waals surface area contributed by atoms with E-state index in [1.54, 1.807) is 12.5 Å². The lowest BCUT2D eigenvalue weighted by Gasteiger charge is -2.11. The van der Waals surface area contributed by atoms with Crippen LogP contribution in [0.2, 0.25) is 0 Å². The van der Waals surface area contributed by atoms with E-state index in [0.717, 1.165) is 31.4 Å². The summed E-state index contributed by atoms with van der Waals surface area (Å²) in [5.41, 5.74) is 0.877. The number of aliphatic hydroxyl groups excluding tert-OH is 1. The lowest BCUT2D eigenvalue weighted by Crippen LogP contribution is -2.05.